The first-order chi connectivity index (χ1) is 8.87. The summed E-state index contributed by atoms with van der Waals surface area (Å²) in [6.07, 6.45) is -3.13. The lowest BCUT2D eigenvalue weighted by Crippen LogP contribution is -2.22. The number of fused-ring (bicyclic) bond motifs is 1. The number of hydrogen-bond acceptors (Lipinski definition) is 4. The number of benzene rings is 1. The Morgan fingerprint density at radius 3 is 2.74 bits per heavy atom. The first-order valence-corrected chi connectivity index (χ1v) is 5.16. The van der Waals surface area contributed by atoms with Gasteiger partial charge in [0.15, 0.2) is 0 Å². The third-order valence-electron chi connectivity index (χ3n) is 2.29. The highest BCUT2D eigenvalue weighted by Gasteiger charge is 2.27. The number of halogens is 3. The van der Waals surface area contributed by atoms with Gasteiger partial charge in [0.1, 0.15) is 6.54 Å². The first kappa shape index (κ1) is 13.1. The summed E-state index contributed by atoms with van der Waals surface area (Å²) in [7, 11) is 0. The number of carbonyl (C=O) groups is 1. The van der Waals surface area contributed by atoms with Gasteiger partial charge in [-0.2, -0.15) is 13.2 Å². The zero-order valence-corrected chi connectivity index (χ0v) is 9.40. The van der Waals surface area contributed by atoms with E-state index in [1.807, 2.05) is 5.32 Å². The number of rotatable bonds is 3. The standard InChI is InChI=1S/C11H8F3N3O2/c12-11(13,14)5-16-10-15-4-6-2-1-3-7(9(18)19)8(6)17-10/h1-4H,5H2,(H,18,19)(H,15,16,17). The molecule has 2 rings (SSSR count). The molecule has 0 radical (unpaired) electrons. The summed E-state index contributed by atoms with van der Waals surface area (Å²) in [5.74, 6) is -1.47. The van der Waals surface area contributed by atoms with E-state index in [0.717, 1.165) is 0 Å². The second-order valence-electron chi connectivity index (χ2n) is 3.71. The Hall–Kier alpha value is -2.38. The molecule has 0 saturated carbocycles. The molecule has 0 unspecified atom stereocenters. The van der Waals surface area contributed by atoms with Crippen LogP contribution in [-0.4, -0.2) is 33.8 Å². The van der Waals surface area contributed by atoms with Crippen molar-refractivity contribution in [1.82, 2.24) is 9.97 Å². The summed E-state index contributed by atoms with van der Waals surface area (Å²) in [6, 6.07) is 4.42. The van der Waals surface area contributed by atoms with Gasteiger partial charge in [-0.15, -0.1) is 0 Å². The van der Waals surface area contributed by atoms with Crippen molar-refractivity contribution in [3.63, 3.8) is 0 Å². The number of nitrogens with zero attached hydrogens (tertiary/aromatic N) is 2. The molecule has 0 amide bonds. The Morgan fingerprint density at radius 2 is 2.11 bits per heavy atom. The van der Waals surface area contributed by atoms with Crippen molar-refractivity contribution in [3.05, 3.63) is 30.0 Å². The van der Waals surface area contributed by atoms with E-state index in [1.54, 1.807) is 6.07 Å². The first-order valence-electron chi connectivity index (χ1n) is 5.16. The van der Waals surface area contributed by atoms with Crippen LogP contribution in [0.5, 0.6) is 0 Å². The van der Waals surface area contributed by atoms with E-state index >= 15 is 0 Å². The molecule has 0 aliphatic heterocycles. The fourth-order valence-electron chi connectivity index (χ4n) is 1.49. The van der Waals surface area contributed by atoms with Crippen molar-refractivity contribution in [1.29, 1.82) is 0 Å². The van der Waals surface area contributed by atoms with Crippen LogP contribution in [0.1, 0.15) is 10.4 Å². The molecule has 0 aliphatic carbocycles. The normalized spacial score (nSPS) is 11.5. The van der Waals surface area contributed by atoms with Gasteiger partial charge in [0, 0.05) is 11.6 Å². The van der Waals surface area contributed by atoms with E-state index in [1.165, 1.54) is 18.3 Å². The van der Waals surface area contributed by atoms with Crippen molar-refractivity contribution in [2.45, 2.75) is 6.18 Å². The summed E-state index contributed by atoms with van der Waals surface area (Å²) >= 11 is 0. The van der Waals surface area contributed by atoms with Crippen LogP contribution in [0.25, 0.3) is 10.9 Å². The van der Waals surface area contributed by atoms with Gasteiger partial charge in [-0.25, -0.2) is 14.8 Å². The number of para-hydroxylation sites is 1. The van der Waals surface area contributed by atoms with E-state index in [9.17, 15) is 18.0 Å². The maximum Gasteiger partial charge on any atom is 0.405 e. The van der Waals surface area contributed by atoms with E-state index in [-0.39, 0.29) is 17.0 Å². The van der Waals surface area contributed by atoms with Gasteiger partial charge < -0.3 is 10.4 Å². The van der Waals surface area contributed by atoms with Crippen molar-refractivity contribution in [3.8, 4) is 0 Å². The number of nitrogens with one attached hydrogen (secondary N) is 1. The largest absolute Gasteiger partial charge is 0.478 e. The van der Waals surface area contributed by atoms with Crippen molar-refractivity contribution >= 4 is 22.8 Å². The average molecular weight is 271 g/mol. The summed E-state index contributed by atoms with van der Waals surface area (Å²) < 4.78 is 36.2. The van der Waals surface area contributed by atoms with Gasteiger partial charge in [-0.1, -0.05) is 12.1 Å². The second kappa shape index (κ2) is 4.71. The van der Waals surface area contributed by atoms with Crippen LogP contribution in [0.2, 0.25) is 0 Å². The van der Waals surface area contributed by atoms with E-state index < -0.39 is 18.7 Å². The van der Waals surface area contributed by atoms with Crippen LogP contribution in [0.4, 0.5) is 19.1 Å². The lowest BCUT2D eigenvalue weighted by molar-refractivity contribution is -0.115. The monoisotopic (exact) mass is 271 g/mol. The van der Waals surface area contributed by atoms with E-state index in [2.05, 4.69) is 9.97 Å². The number of alkyl halides is 3. The Balaban J connectivity index is 2.38. The molecule has 1 aromatic carbocycles. The molecular weight excluding hydrogens is 263 g/mol. The number of hydrogen-bond donors (Lipinski definition) is 2. The Labute approximate surface area is 105 Å². The third-order valence-corrected chi connectivity index (χ3v) is 2.29. The summed E-state index contributed by atoms with van der Waals surface area (Å²) in [6.45, 7) is -1.28. The summed E-state index contributed by atoms with van der Waals surface area (Å²) in [5, 5.41) is 11.4. The van der Waals surface area contributed by atoms with Gasteiger partial charge in [-0.05, 0) is 6.07 Å². The average Bonchev–Trinajstić information content (AvgIpc) is 2.34. The maximum atomic E-state index is 12.1. The summed E-state index contributed by atoms with van der Waals surface area (Å²) in [5.41, 5.74) is 0.00429. The van der Waals surface area contributed by atoms with Crippen LogP contribution in [0.3, 0.4) is 0 Å². The minimum Gasteiger partial charge on any atom is -0.478 e. The topological polar surface area (TPSA) is 75.1 Å². The van der Waals surface area contributed by atoms with Crippen molar-refractivity contribution in [2.24, 2.45) is 0 Å². The van der Waals surface area contributed by atoms with Crippen LogP contribution >= 0.6 is 0 Å². The predicted octanol–water partition coefficient (Wildman–Crippen LogP) is 2.30. The third kappa shape index (κ3) is 3.09. The van der Waals surface area contributed by atoms with Crippen molar-refractivity contribution < 1.29 is 23.1 Å². The summed E-state index contributed by atoms with van der Waals surface area (Å²) in [4.78, 5) is 18.5. The Morgan fingerprint density at radius 1 is 1.37 bits per heavy atom. The van der Waals surface area contributed by atoms with Gasteiger partial charge >= 0.3 is 12.1 Å². The fraction of sp³-hybridized carbons (Fsp3) is 0.182. The smallest absolute Gasteiger partial charge is 0.405 e. The minimum absolute atomic E-state index is 0.0880. The molecule has 1 heterocycles. The molecular formula is C11H8F3N3O2. The number of anilines is 1. The highest BCUT2D eigenvalue weighted by Crippen LogP contribution is 2.19. The number of aromatic carboxylic acids is 1. The van der Waals surface area contributed by atoms with Gasteiger partial charge in [0.25, 0.3) is 0 Å². The van der Waals surface area contributed by atoms with E-state index in [0.29, 0.717) is 5.39 Å². The quantitative estimate of drug-likeness (QED) is 0.895. The molecule has 0 aliphatic rings. The zero-order valence-electron chi connectivity index (χ0n) is 9.40. The number of carboxylic acids is 1. The van der Waals surface area contributed by atoms with Crippen LogP contribution < -0.4 is 5.32 Å². The van der Waals surface area contributed by atoms with E-state index in [4.69, 9.17) is 5.11 Å². The molecule has 8 heteroatoms. The molecule has 0 bridgehead atoms. The molecule has 19 heavy (non-hydrogen) atoms. The molecule has 2 aromatic rings. The lowest BCUT2D eigenvalue weighted by atomic mass is 10.1. The Kier molecular flexibility index (Phi) is 3.24. The SMILES string of the molecule is O=C(O)c1cccc2cnc(NCC(F)(F)F)nc12. The molecule has 100 valence electrons. The highest BCUT2D eigenvalue weighted by molar-refractivity contribution is 6.01. The van der Waals surface area contributed by atoms with Crippen LogP contribution in [0, 0.1) is 0 Å². The zero-order chi connectivity index (χ0) is 14.0. The molecule has 2 N–H and O–H groups in total. The van der Waals surface area contributed by atoms with Gasteiger partial charge in [0.2, 0.25) is 5.95 Å². The van der Waals surface area contributed by atoms with Crippen LogP contribution in [-0.2, 0) is 0 Å². The Bertz CT molecular complexity index is 628. The molecule has 1 aromatic heterocycles. The molecule has 0 fully saturated rings. The second-order valence-corrected chi connectivity index (χ2v) is 3.71. The van der Waals surface area contributed by atoms with Gasteiger partial charge in [0.05, 0.1) is 11.1 Å². The molecule has 0 spiro atoms. The number of carboxylic acid groups (broad SMARTS) is 1. The minimum atomic E-state index is -4.40. The molecule has 0 atom stereocenters. The fourth-order valence-corrected chi connectivity index (χ4v) is 1.49. The lowest BCUT2D eigenvalue weighted by Gasteiger charge is -2.09. The maximum absolute atomic E-state index is 12.1. The number of aromatic nitrogens is 2. The predicted molar refractivity (Wildman–Crippen MR) is 61.0 cm³/mol. The molecule has 0 saturated heterocycles. The van der Waals surface area contributed by atoms with Gasteiger partial charge in [-0.3, -0.25) is 0 Å². The molecule has 5 nitrogen and oxygen atoms in total. The van der Waals surface area contributed by atoms with Crippen molar-refractivity contribution in [2.75, 3.05) is 11.9 Å². The highest BCUT2D eigenvalue weighted by atomic mass is 19.4. The van der Waals surface area contributed by atoms with Crippen LogP contribution in [0.15, 0.2) is 24.4 Å².